The predicted octanol–water partition coefficient (Wildman–Crippen LogP) is 4.63. The highest BCUT2D eigenvalue weighted by atomic mass is 28.4. The van der Waals surface area contributed by atoms with Gasteiger partial charge in [-0.3, -0.25) is 4.79 Å². The zero-order valence-electron chi connectivity index (χ0n) is 16.7. The normalized spacial score (nSPS) is 13.5. The van der Waals surface area contributed by atoms with Crippen molar-refractivity contribution in [2.24, 2.45) is 0 Å². The van der Waals surface area contributed by atoms with Gasteiger partial charge in [-0.15, -0.1) is 0 Å². The molecule has 0 radical (unpaired) electrons. The monoisotopic (exact) mass is 399 g/mol. The smallest absolute Gasteiger partial charge is 0.334 e. The topological polar surface area (TPSA) is 75.6 Å². The van der Waals surface area contributed by atoms with Crippen molar-refractivity contribution in [3.05, 3.63) is 71.8 Å². The van der Waals surface area contributed by atoms with Crippen molar-refractivity contribution in [3.8, 4) is 0 Å². The summed E-state index contributed by atoms with van der Waals surface area (Å²) in [6.07, 6.45) is -1.14. The fourth-order valence-electron chi connectivity index (χ4n) is 3.34. The molecule has 0 aromatic heterocycles. The lowest BCUT2D eigenvalue weighted by Gasteiger charge is -2.35. The maximum absolute atomic E-state index is 12.8. The molecule has 2 unspecified atom stereocenters. The molecule has 6 heteroatoms. The van der Waals surface area contributed by atoms with Gasteiger partial charge in [0.2, 0.25) is 0 Å². The van der Waals surface area contributed by atoms with Crippen LogP contribution in [0.2, 0.25) is 18.1 Å². The molecule has 0 saturated heterocycles. The van der Waals surface area contributed by atoms with E-state index in [-0.39, 0.29) is 5.91 Å². The Balaban J connectivity index is 2.40. The van der Waals surface area contributed by atoms with Crippen LogP contribution >= 0.6 is 0 Å². The van der Waals surface area contributed by atoms with Crippen molar-refractivity contribution in [1.29, 1.82) is 0 Å². The van der Waals surface area contributed by atoms with Crippen LogP contribution in [0.3, 0.4) is 0 Å². The summed E-state index contributed by atoms with van der Waals surface area (Å²) in [4.78, 5) is 25.0. The maximum atomic E-state index is 12.8. The summed E-state index contributed by atoms with van der Waals surface area (Å²) >= 11 is 0. The van der Waals surface area contributed by atoms with E-state index in [0.29, 0.717) is 11.1 Å². The molecule has 2 aromatic rings. The number of carbonyl (C=O) groups is 2. The van der Waals surface area contributed by atoms with Crippen molar-refractivity contribution < 1.29 is 19.1 Å². The quantitative estimate of drug-likeness (QED) is 0.571. The van der Waals surface area contributed by atoms with Gasteiger partial charge in [0.25, 0.3) is 5.91 Å². The Kier molecular flexibility index (Phi) is 7.96. The average Bonchev–Trinajstić information content (AvgIpc) is 2.75. The second kappa shape index (κ2) is 10.2. The van der Waals surface area contributed by atoms with Crippen molar-refractivity contribution >= 4 is 20.2 Å². The maximum Gasteiger partial charge on any atom is 0.334 e. The molecule has 0 spiro atoms. The Morgan fingerprint density at radius 3 is 1.89 bits per heavy atom. The van der Waals surface area contributed by atoms with Gasteiger partial charge in [-0.25, -0.2) is 4.79 Å². The number of aliphatic carboxylic acids is 1. The minimum Gasteiger partial charge on any atom is -0.479 e. The first kappa shape index (κ1) is 21.9. The van der Waals surface area contributed by atoms with Gasteiger partial charge in [-0.1, -0.05) is 69.3 Å². The number of carbonyl (C=O) groups excluding carboxylic acids is 1. The molecule has 0 bridgehead atoms. The van der Waals surface area contributed by atoms with Gasteiger partial charge in [-0.05, 0) is 35.8 Å². The second-order valence-electron chi connectivity index (χ2n) is 6.85. The van der Waals surface area contributed by atoms with E-state index in [2.05, 4.69) is 26.1 Å². The van der Waals surface area contributed by atoms with Gasteiger partial charge in [0.05, 0.1) is 6.04 Å². The number of carboxylic acid groups (broad SMARTS) is 1. The molecule has 2 atom stereocenters. The van der Waals surface area contributed by atoms with Crippen LogP contribution in [0.4, 0.5) is 0 Å². The molecule has 2 aromatic carbocycles. The zero-order valence-corrected chi connectivity index (χ0v) is 17.7. The molecule has 0 aliphatic carbocycles. The Morgan fingerprint density at radius 2 is 1.43 bits per heavy atom. The Hall–Kier alpha value is -2.44. The molecule has 0 heterocycles. The third-order valence-electron chi connectivity index (χ3n) is 5.34. The predicted molar refractivity (Wildman–Crippen MR) is 113 cm³/mol. The van der Waals surface area contributed by atoms with Gasteiger partial charge in [0, 0.05) is 5.56 Å². The molecule has 28 heavy (non-hydrogen) atoms. The summed E-state index contributed by atoms with van der Waals surface area (Å²) in [5.41, 5.74) is 1.20. The van der Waals surface area contributed by atoms with Crippen LogP contribution in [0.25, 0.3) is 0 Å². The highest BCUT2D eigenvalue weighted by molar-refractivity contribution is 6.73. The number of benzene rings is 2. The third kappa shape index (κ3) is 5.30. The van der Waals surface area contributed by atoms with Gasteiger partial charge >= 0.3 is 5.97 Å². The number of amides is 1. The molecule has 1 amide bonds. The number of rotatable bonds is 10. The fourth-order valence-corrected chi connectivity index (χ4v) is 6.11. The molecule has 0 aliphatic heterocycles. The van der Waals surface area contributed by atoms with Crippen LogP contribution in [0.1, 0.15) is 42.7 Å². The van der Waals surface area contributed by atoms with Gasteiger partial charge in [-0.2, -0.15) is 0 Å². The second-order valence-corrected chi connectivity index (χ2v) is 11.6. The number of carboxylic acids is 1. The van der Waals surface area contributed by atoms with Crippen molar-refractivity contribution in [1.82, 2.24) is 5.32 Å². The van der Waals surface area contributed by atoms with Crippen LogP contribution in [0, 0.1) is 0 Å². The molecular formula is C22H29NO4Si. The molecule has 150 valence electrons. The SMILES string of the molecule is CC[Si](CC)(CC)OC(C(=O)O)C(NC(=O)c1ccccc1)c1ccccc1. The van der Waals surface area contributed by atoms with Crippen LogP contribution in [-0.2, 0) is 9.22 Å². The first-order valence-electron chi connectivity index (χ1n) is 9.77. The minimum atomic E-state index is -2.20. The van der Waals surface area contributed by atoms with Gasteiger partial charge in [0.15, 0.2) is 14.4 Å². The first-order chi connectivity index (χ1) is 13.5. The standard InChI is InChI=1S/C22H29NO4Si/c1-4-28(5-2,6-3)27-20(22(25)26)19(17-13-9-7-10-14-17)23-21(24)18-15-11-8-12-16-18/h7-16,19-20H,4-6H2,1-3H3,(H,23,24)(H,25,26). The van der Waals surface area contributed by atoms with Crippen molar-refractivity contribution in [2.45, 2.75) is 51.0 Å². The third-order valence-corrected chi connectivity index (χ3v) is 9.96. The summed E-state index contributed by atoms with van der Waals surface area (Å²) in [5, 5.41) is 12.9. The highest BCUT2D eigenvalue weighted by Gasteiger charge is 2.40. The summed E-state index contributed by atoms with van der Waals surface area (Å²) in [6.45, 7) is 6.16. The zero-order chi connectivity index (χ0) is 20.6. The van der Waals surface area contributed by atoms with E-state index in [1.54, 1.807) is 24.3 Å². The van der Waals surface area contributed by atoms with Crippen LogP contribution in [0.5, 0.6) is 0 Å². The number of hydrogen-bond donors (Lipinski definition) is 2. The van der Waals surface area contributed by atoms with E-state index in [4.69, 9.17) is 4.43 Å². The molecule has 5 nitrogen and oxygen atoms in total. The minimum absolute atomic E-state index is 0.318. The molecule has 0 saturated carbocycles. The fraction of sp³-hybridized carbons (Fsp3) is 0.364. The average molecular weight is 400 g/mol. The van der Waals surface area contributed by atoms with Crippen molar-refractivity contribution in [3.63, 3.8) is 0 Å². The summed E-state index contributed by atoms with van der Waals surface area (Å²) < 4.78 is 6.33. The van der Waals surface area contributed by atoms with Crippen molar-refractivity contribution in [2.75, 3.05) is 0 Å². The molecule has 2 N–H and O–H groups in total. The van der Waals surface area contributed by atoms with E-state index in [0.717, 1.165) is 18.1 Å². The molecule has 0 aliphatic rings. The lowest BCUT2D eigenvalue weighted by molar-refractivity contribution is -0.147. The number of hydrogen-bond acceptors (Lipinski definition) is 3. The molecule has 0 fully saturated rings. The molecular weight excluding hydrogens is 370 g/mol. The lowest BCUT2D eigenvalue weighted by Crippen LogP contribution is -2.49. The van der Waals surface area contributed by atoms with Crippen LogP contribution in [0.15, 0.2) is 60.7 Å². The van der Waals surface area contributed by atoms with E-state index in [9.17, 15) is 14.7 Å². The van der Waals surface area contributed by atoms with E-state index in [1.165, 1.54) is 0 Å². The van der Waals surface area contributed by atoms with Gasteiger partial charge in [0.1, 0.15) is 0 Å². The highest BCUT2D eigenvalue weighted by Crippen LogP contribution is 2.29. The van der Waals surface area contributed by atoms with E-state index < -0.39 is 26.4 Å². The Labute approximate surface area is 167 Å². The molecule has 2 rings (SSSR count). The van der Waals surface area contributed by atoms with E-state index in [1.807, 2.05) is 36.4 Å². The summed E-state index contributed by atoms with van der Waals surface area (Å²) in [7, 11) is -2.20. The van der Waals surface area contributed by atoms with Crippen LogP contribution in [-0.4, -0.2) is 31.4 Å². The summed E-state index contributed by atoms with van der Waals surface area (Å²) in [6, 6.07) is 19.7. The van der Waals surface area contributed by atoms with E-state index >= 15 is 0 Å². The Morgan fingerprint density at radius 1 is 0.929 bits per heavy atom. The van der Waals surface area contributed by atoms with Crippen LogP contribution < -0.4 is 5.32 Å². The first-order valence-corrected chi connectivity index (χ1v) is 12.3. The lowest BCUT2D eigenvalue weighted by atomic mass is 10.0. The number of nitrogens with one attached hydrogen (secondary N) is 1. The summed E-state index contributed by atoms with van der Waals surface area (Å²) in [5.74, 6) is -1.38. The largest absolute Gasteiger partial charge is 0.479 e. The Bertz CT molecular complexity index is 754. The van der Waals surface area contributed by atoms with Gasteiger partial charge < -0.3 is 14.8 Å².